The van der Waals surface area contributed by atoms with Gasteiger partial charge in [-0.3, -0.25) is 4.99 Å². The van der Waals surface area contributed by atoms with Crippen LogP contribution < -0.4 is 14.4 Å². The Balaban J connectivity index is 1.59. The molecular formula is C29H33ClN2O2. The van der Waals surface area contributed by atoms with Crippen LogP contribution in [0.2, 0.25) is 5.02 Å². The molecule has 3 aromatic rings. The lowest BCUT2D eigenvalue weighted by Crippen LogP contribution is -2.48. The number of methoxy groups -OCH3 is 1. The number of fused-ring (bicyclic) bond motifs is 1. The zero-order valence-electron chi connectivity index (χ0n) is 20.6. The summed E-state index contributed by atoms with van der Waals surface area (Å²) < 4.78 is 11.7. The average molecular weight is 477 g/mol. The highest BCUT2D eigenvalue weighted by molar-refractivity contribution is 6.32. The van der Waals surface area contributed by atoms with Crippen LogP contribution in [0.1, 0.15) is 57.6 Å². The Labute approximate surface area is 208 Å². The third-order valence-electron chi connectivity index (χ3n) is 6.44. The lowest BCUT2D eigenvalue weighted by molar-refractivity contribution is 0.372. The zero-order chi connectivity index (χ0) is 24.3. The summed E-state index contributed by atoms with van der Waals surface area (Å²) in [5, 5.41) is 0.583. The van der Waals surface area contributed by atoms with Crippen LogP contribution in [0, 0.1) is 0 Å². The third-order valence-corrected chi connectivity index (χ3v) is 6.75. The van der Waals surface area contributed by atoms with Crippen molar-refractivity contribution >= 4 is 29.2 Å². The van der Waals surface area contributed by atoms with Gasteiger partial charge >= 0.3 is 0 Å². The maximum absolute atomic E-state index is 6.19. The number of rotatable bonds is 7. The van der Waals surface area contributed by atoms with Crippen molar-refractivity contribution in [3.63, 3.8) is 0 Å². The molecule has 0 aliphatic carbocycles. The van der Waals surface area contributed by atoms with E-state index in [1.807, 2.05) is 54.7 Å². The van der Waals surface area contributed by atoms with Crippen LogP contribution in [-0.4, -0.2) is 25.4 Å². The molecule has 1 unspecified atom stereocenters. The van der Waals surface area contributed by atoms with E-state index >= 15 is 0 Å². The van der Waals surface area contributed by atoms with Crippen LogP contribution in [0.3, 0.4) is 0 Å². The van der Waals surface area contributed by atoms with Crippen LogP contribution in [0.4, 0.5) is 11.4 Å². The van der Waals surface area contributed by atoms with Crippen molar-refractivity contribution in [2.24, 2.45) is 4.99 Å². The van der Waals surface area contributed by atoms with Crippen LogP contribution in [-0.2, 0) is 0 Å². The number of anilines is 1. The van der Waals surface area contributed by atoms with Gasteiger partial charge in [0, 0.05) is 35.6 Å². The van der Waals surface area contributed by atoms with E-state index in [-0.39, 0.29) is 5.54 Å². The predicted molar refractivity (Wildman–Crippen MR) is 143 cm³/mol. The molecule has 1 aliphatic rings. The lowest BCUT2D eigenvalue weighted by atomic mass is 9.79. The summed E-state index contributed by atoms with van der Waals surface area (Å²) >= 11 is 6.19. The van der Waals surface area contributed by atoms with Crippen molar-refractivity contribution in [1.82, 2.24) is 0 Å². The van der Waals surface area contributed by atoms with Gasteiger partial charge in [0.05, 0.1) is 17.8 Å². The Bertz CT molecular complexity index is 1170. The summed E-state index contributed by atoms with van der Waals surface area (Å²) in [6, 6.07) is 19.5. The number of benzene rings is 3. The normalized spacial score (nSPS) is 17.0. The van der Waals surface area contributed by atoms with E-state index in [4.69, 9.17) is 26.1 Å². The Hall–Kier alpha value is -2.98. The first-order valence-corrected chi connectivity index (χ1v) is 12.3. The van der Waals surface area contributed by atoms with Gasteiger partial charge in [-0.1, -0.05) is 37.6 Å². The average Bonchev–Trinajstić information content (AvgIpc) is 2.82. The topological polar surface area (TPSA) is 34.1 Å². The number of para-hydroxylation sites is 1. The first-order valence-electron chi connectivity index (χ1n) is 11.9. The molecular weight excluding hydrogens is 444 g/mol. The highest BCUT2D eigenvalue weighted by Gasteiger charge is 2.36. The van der Waals surface area contributed by atoms with Crippen molar-refractivity contribution in [3.05, 3.63) is 76.8 Å². The molecule has 34 heavy (non-hydrogen) atoms. The van der Waals surface area contributed by atoms with E-state index in [1.165, 1.54) is 11.3 Å². The molecule has 0 saturated carbocycles. The molecule has 0 spiro atoms. The predicted octanol–water partition coefficient (Wildman–Crippen LogP) is 8.39. The second-order valence-electron chi connectivity index (χ2n) is 9.51. The molecule has 0 fully saturated rings. The molecule has 4 rings (SSSR count). The van der Waals surface area contributed by atoms with Crippen LogP contribution >= 0.6 is 11.6 Å². The number of hydrogen-bond donors (Lipinski definition) is 0. The van der Waals surface area contributed by atoms with Gasteiger partial charge in [0.2, 0.25) is 0 Å². The van der Waals surface area contributed by atoms with Gasteiger partial charge in [0.25, 0.3) is 0 Å². The molecule has 0 saturated heterocycles. The maximum Gasteiger partial charge on any atom is 0.146 e. The highest BCUT2D eigenvalue weighted by atomic mass is 35.5. The SMILES string of the molecule is CCCN1c2cc(OC)c(C=Nc3ccc(Oc4ccccc4Cl)cc3)cc2C(C)CC1(C)C. The minimum Gasteiger partial charge on any atom is -0.496 e. The summed E-state index contributed by atoms with van der Waals surface area (Å²) in [6.07, 6.45) is 4.12. The third kappa shape index (κ3) is 5.07. The monoisotopic (exact) mass is 476 g/mol. The first kappa shape index (κ1) is 24.2. The van der Waals surface area contributed by atoms with Gasteiger partial charge in [-0.15, -0.1) is 0 Å². The molecule has 178 valence electrons. The number of hydrogen-bond acceptors (Lipinski definition) is 4. The highest BCUT2D eigenvalue weighted by Crippen LogP contribution is 2.45. The molecule has 0 radical (unpaired) electrons. The van der Waals surface area contributed by atoms with E-state index in [2.05, 4.69) is 44.7 Å². The molecule has 1 aliphatic heterocycles. The van der Waals surface area contributed by atoms with E-state index in [1.54, 1.807) is 7.11 Å². The number of ether oxygens (including phenoxy) is 2. The minimum atomic E-state index is 0.122. The fourth-order valence-electron chi connectivity index (χ4n) is 4.85. The quantitative estimate of drug-likeness (QED) is 0.321. The Kier molecular flexibility index (Phi) is 7.18. The summed E-state index contributed by atoms with van der Waals surface area (Å²) in [7, 11) is 1.72. The van der Waals surface area contributed by atoms with Gasteiger partial charge in [-0.2, -0.15) is 0 Å². The van der Waals surface area contributed by atoms with Crippen molar-refractivity contribution in [2.75, 3.05) is 18.6 Å². The summed E-state index contributed by atoms with van der Waals surface area (Å²) in [5.41, 5.74) is 4.59. The van der Waals surface area contributed by atoms with Gasteiger partial charge in [-0.05, 0) is 80.6 Å². The van der Waals surface area contributed by atoms with Gasteiger partial charge in [0.1, 0.15) is 17.2 Å². The second-order valence-corrected chi connectivity index (χ2v) is 9.91. The van der Waals surface area contributed by atoms with E-state index in [0.717, 1.165) is 36.4 Å². The number of aliphatic imine (C=N–C) groups is 1. The molecule has 5 heteroatoms. The van der Waals surface area contributed by atoms with Crippen LogP contribution in [0.25, 0.3) is 0 Å². The van der Waals surface area contributed by atoms with Gasteiger partial charge in [0.15, 0.2) is 0 Å². The van der Waals surface area contributed by atoms with E-state index in [0.29, 0.717) is 22.4 Å². The van der Waals surface area contributed by atoms with Crippen molar-refractivity contribution in [2.45, 2.75) is 52.0 Å². The summed E-state index contributed by atoms with van der Waals surface area (Å²) in [5.74, 6) is 2.66. The largest absolute Gasteiger partial charge is 0.496 e. The second kappa shape index (κ2) is 10.1. The summed E-state index contributed by atoms with van der Waals surface area (Å²) in [6.45, 7) is 10.3. The van der Waals surface area contributed by atoms with Crippen LogP contribution in [0.15, 0.2) is 65.7 Å². The van der Waals surface area contributed by atoms with Crippen molar-refractivity contribution in [3.8, 4) is 17.2 Å². The first-order chi connectivity index (χ1) is 16.3. The Morgan fingerprint density at radius 3 is 2.50 bits per heavy atom. The van der Waals surface area contributed by atoms with Gasteiger partial charge < -0.3 is 14.4 Å². The Morgan fingerprint density at radius 2 is 1.82 bits per heavy atom. The Morgan fingerprint density at radius 1 is 1.09 bits per heavy atom. The molecule has 1 atom stereocenters. The molecule has 1 heterocycles. The molecule has 0 aromatic heterocycles. The summed E-state index contributed by atoms with van der Waals surface area (Å²) in [4.78, 5) is 7.24. The molecule has 0 N–H and O–H groups in total. The molecule has 0 bridgehead atoms. The number of nitrogens with zero attached hydrogens (tertiary/aromatic N) is 2. The lowest BCUT2D eigenvalue weighted by Gasteiger charge is -2.47. The number of halogens is 1. The standard InChI is InChI=1S/C29H33ClN2O2/c1-6-15-32-26-17-28(33-5)21(16-24(26)20(2)18-29(32,3)4)19-31-22-11-13-23(14-12-22)34-27-10-8-7-9-25(27)30/h7-14,16-17,19-20H,6,15,18H2,1-5H3. The van der Waals surface area contributed by atoms with Crippen LogP contribution in [0.5, 0.6) is 17.2 Å². The smallest absolute Gasteiger partial charge is 0.146 e. The zero-order valence-corrected chi connectivity index (χ0v) is 21.4. The fourth-order valence-corrected chi connectivity index (χ4v) is 5.02. The van der Waals surface area contributed by atoms with Crippen molar-refractivity contribution in [1.29, 1.82) is 0 Å². The fraction of sp³-hybridized carbons (Fsp3) is 0.345. The molecule has 3 aromatic carbocycles. The molecule has 0 amide bonds. The van der Waals surface area contributed by atoms with E-state index in [9.17, 15) is 0 Å². The van der Waals surface area contributed by atoms with E-state index < -0.39 is 0 Å². The van der Waals surface area contributed by atoms with Gasteiger partial charge in [-0.25, -0.2) is 0 Å². The molecule has 4 nitrogen and oxygen atoms in total. The minimum absolute atomic E-state index is 0.122. The maximum atomic E-state index is 6.19. The van der Waals surface area contributed by atoms with Crippen molar-refractivity contribution < 1.29 is 9.47 Å².